The molecule has 136 valence electrons. The summed E-state index contributed by atoms with van der Waals surface area (Å²) >= 11 is 0. The first-order chi connectivity index (χ1) is 11.2. The SMILES string of the molecule is CCOS(=O)(=O)OS(CC)(CC)c1ccc(C=C(C)C(=O)O)cc1. The van der Waals surface area contributed by atoms with Gasteiger partial charge in [-0.3, -0.25) is 0 Å². The summed E-state index contributed by atoms with van der Waals surface area (Å²) < 4.78 is 34.0. The summed E-state index contributed by atoms with van der Waals surface area (Å²) in [5.74, 6) is 0.0745. The van der Waals surface area contributed by atoms with Crippen molar-refractivity contribution in [3.8, 4) is 0 Å². The summed E-state index contributed by atoms with van der Waals surface area (Å²) in [5, 5.41) is 8.92. The molecule has 0 fully saturated rings. The Bertz CT molecular complexity index is 688. The van der Waals surface area contributed by atoms with Gasteiger partial charge < -0.3 is 5.11 Å². The van der Waals surface area contributed by atoms with Crippen molar-refractivity contribution in [1.82, 2.24) is 0 Å². The summed E-state index contributed by atoms with van der Waals surface area (Å²) in [5.41, 5.74) is 0.953. The third-order valence-electron chi connectivity index (χ3n) is 3.44. The highest BCUT2D eigenvalue weighted by Crippen LogP contribution is 2.57. The van der Waals surface area contributed by atoms with E-state index in [0.29, 0.717) is 11.5 Å². The minimum absolute atomic E-state index is 0.0173. The van der Waals surface area contributed by atoms with Crippen molar-refractivity contribution in [2.24, 2.45) is 0 Å². The van der Waals surface area contributed by atoms with Crippen LogP contribution in [0.1, 0.15) is 33.3 Å². The normalized spacial score (nSPS) is 13.8. The van der Waals surface area contributed by atoms with Crippen LogP contribution in [0.4, 0.5) is 0 Å². The van der Waals surface area contributed by atoms with Gasteiger partial charge in [0.1, 0.15) is 0 Å². The van der Waals surface area contributed by atoms with Crippen LogP contribution in [-0.2, 0) is 23.0 Å². The molecule has 1 N–H and O–H groups in total. The highest BCUT2D eigenvalue weighted by molar-refractivity contribution is 8.32. The van der Waals surface area contributed by atoms with Gasteiger partial charge in [-0.05, 0) is 37.6 Å². The molecule has 0 heterocycles. The van der Waals surface area contributed by atoms with E-state index in [-0.39, 0.29) is 12.2 Å². The van der Waals surface area contributed by atoms with Crippen LogP contribution in [0.2, 0.25) is 0 Å². The number of benzene rings is 1. The van der Waals surface area contributed by atoms with Crippen molar-refractivity contribution in [3.63, 3.8) is 0 Å². The van der Waals surface area contributed by atoms with Gasteiger partial charge in [-0.25, -0.2) is 8.98 Å². The number of rotatable bonds is 9. The topological polar surface area (TPSA) is 89.9 Å². The van der Waals surface area contributed by atoms with Gasteiger partial charge in [0, 0.05) is 22.0 Å². The zero-order valence-corrected chi connectivity index (χ0v) is 15.9. The first-order valence-corrected chi connectivity index (χ1v) is 10.8. The second-order valence-corrected chi connectivity index (χ2v) is 9.82. The Labute approximate surface area is 145 Å². The fraction of sp³-hybridized carbons (Fsp3) is 0.438. The molecule has 0 unspecified atom stereocenters. The lowest BCUT2D eigenvalue weighted by Gasteiger charge is -2.36. The van der Waals surface area contributed by atoms with Crippen molar-refractivity contribution in [2.75, 3.05) is 18.1 Å². The van der Waals surface area contributed by atoms with Crippen LogP contribution in [0.5, 0.6) is 0 Å². The van der Waals surface area contributed by atoms with E-state index in [4.69, 9.17) is 12.9 Å². The van der Waals surface area contributed by atoms with Crippen LogP contribution in [0, 0.1) is 0 Å². The first-order valence-electron chi connectivity index (χ1n) is 7.60. The third-order valence-corrected chi connectivity index (χ3v) is 8.67. The van der Waals surface area contributed by atoms with Crippen molar-refractivity contribution >= 4 is 32.8 Å². The zero-order chi connectivity index (χ0) is 18.4. The first kappa shape index (κ1) is 20.7. The van der Waals surface area contributed by atoms with Crippen LogP contribution in [-0.4, -0.2) is 37.6 Å². The molecular formula is C16H24O6S2. The summed E-state index contributed by atoms with van der Waals surface area (Å²) in [7, 11) is -6.10. The summed E-state index contributed by atoms with van der Waals surface area (Å²) in [6.07, 6.45) is 1.55. The van der Waals surface area contributed by atoms with Crippen LogP contribution in [0.15, 0.2) is 34.7 Å². The number of carboxylic acids is 1. The number of hydrogen-bond acceptors (Lipinski definition) is 5. The molecule has 6 nitrogen and oxygen atoms in total. The van der Waals surface area contributed by atoms with E-state index >= 15 is 0 Å². The van der Waals surface area contributed by atoms with E-state index in [0.717, 1.165) is 10.5 Å². The average molecular weight is 376 g/mol. The number of carbonyl (C=O) groups is 1. The molecular weight excluding hydrogens is 352 g/mol. The molecule has 0 aliphatic rings. The van der Waals surface area contributed by atoms with Crippen molar-refractivity contribution in [1.29, 1.82) is 0 Å². The molecule has 0 aromatic heterocycles. The van der Waals surface area contributed by atoms with Gasteiger partial charge in [-0.15, -0.1) is 0 Å². The molecule has 0 bridgehead atoms. The fourth-order valence-corrected chi connectivity index (χ4v) is 6.63. The summed E-state index contributed by atoms with van der Waals surface area (Å²) in [4.78, 5) is 11.7. The molecule has 8 heteroatoms. The molecule has 1 aromatic rings. The highest BCUT2D eigenvalue weighted by atomic mass is 32.3. The van der Waals surface area contributed by atoms with Crippen LogP contribution < -0.4 is 0 Å². The highest BCUT2D eigenvalue weighted by Gasteiger charge is 2.30. The minimum Gasteiger partial charge on any atom is -0.478 e. The second-order valence-electron chi connectivity index (χ2n) is 4.97. The van der Waals surface area contributed by atoms with E-state index in [1.54, 1.807) is 37.3 Å². The van der Waals surface area contributed by atoms with E-state index in [1.165, 1.54) is 6.92 Å². The largest absolute Gasteiger partial charge is 0.478 e. The number of aliphatic carboxylic acids is 1. The number of carboxylic acid groups (broad SMARTS) is 1. The van der Waals surface area contributed by atoms with Gasteiger partial charge in [-0.2, -0.15) is 12.0 Å². The fourth-order valence-electron chi connectivity index (χ4n) is 2.12. The lowest BCUT2D eigenvalue weighted by Crippen LogP contribution is -2.18. The van der Waals surface area contributed by atoms with Crippen molar-refractivity contribution in [2.45, 2.75) is 32.6 Å². The van der Waals surface area contributed by atoms with Crippen molar-refractivity contribution < 1.29 is 26.1 Å². The maximum absolute atomic E-state index is 11.9. The van der Waals surface area contributed by atoms with E-state index < -0.39 is 26.7 Å². The smallest absolute Gasteiger partial charge is 0.409 e. The summed E-state index contributed by atoms with van der Waals surface area (Å²) in [6.45, 7) is 6.87. The van der Waals surface area contributed by atoms with Crippen LogP contribution in [0.25, 0.3) is 6.08 Å². The molecule has 0 atom stereocenters. The van der Waals surface area contributed by atoms with Gasteiger partial charge in [0.2, 0.25) is 0 Å². The van der Waals surface area contributed by atoms with Gasteiger partial charge in [-0.1, -0.05) is 36.3 Å². The average Bonchev–Trinajstić information content (AvgIpc) is 2.53. The Balaban J connectivity index is 3.18. The summed E-state index contributed by atoms with van der Waals surface area (Å²) in [6, 6.07) is 7.08. The van der Waals surface area contributed by atoms with Gasteiger partial charge >= 0.3 is 16.4 Å². The molecule has 0 saturated heterocycles. The van der Waals surface area contributed by atoms with E-state index in [2.05, 4.69) is 0 Å². The standard InChI is InChI=1S/C16H24O6S2/c1-5-21-24(19,20)22-23(6-2,7-3)15-10-8-14(9-11-15)12-13(4)16(17)18/h8-12H,5-7H2,1-4H3,(H,17,18). The van der Waals surface area contributed by atoms with Crippen molar-refractivity contribution in [3.05, 3.63) is 35.4 Å². The van der Waals surface area contributed by atoms with Gasteiger partial charge in [0.05, 0.1) is 6.61 Å². The molecule has 24 heavy (non-hydrogen) atoms. The lowest BCUT2D eigenvalue weighted by molar-refractivity contribution is -0.132. The number of hydrogen-bond donors (Lipinski definition) is 1. The molecule has 0 aliphatic heterocycles. The molecule has 1 aromatic carbocycles. The Morgan fingerprint density at radius 1 is 1.12 bits per heavy atom. The predicted octanol–water partition coefficient (Wildman–Crippen LogP) is 3.59. The Kier molecular flexibility index (Phi) is 7.47. The predicted molar refractivity (Wildman–Crippen MR) is 96.3 cm³/mol. The second kappa shape index (κ2) is 8.66. The zero-order valence-electron chi connectivity index (χ0n) is 14.3. The Morgan fingerprint density at radius 2 is 1.67 bits per heavy atom. The maximum atomic E-state index is 11.9. The molecule has 0 amide bonds. The quantitative estimate of drug-likeness (QED) is 0.663. The van der Waals surface area contributed by atoms with Crippen LogP contribution >= 0.6 is 10.3 Å². The molecule has 1 rings (SSSR count). The molecule has 0 saturated carbocycles. The third kappa shape index (κ3) is 5.34. The molecule has 0 aliphatic carbocycles. The Hall–Kier alpha value is -1.35. The minimum atomic E-state index is -4.05. The lowest BCUT2D eigenvalue weighted by atomic mass is 10.1. The van der Waals surface area contributed by atoms with E-state index in [1.807, 2.05) is 13.8 Å². The van der Waals surface area contributed by atoms with Gasteiger partial charge in [0.15, 0.2) is 0 Å². The van der Waals surface area contributed by atoms with Gasteiger partial charge in [0.25, 0.3) is 0 Å². The molecule has 0 spiro atoms. The maximum Gasteiger partial charge on any atom is 0.409 e. The van der Waals surface area contributed by atoms with E-state index in [9.17, 15) is 13.2 Å². The van der Waals surface area contributed by atoms with Crippen LogP contribution in [0.3, 0.4) is 0 Å². The monoisotopic (exact) mass is 376 g/mol. The molecule has 0 radical (unpaired) electrons. The Morgan fingerprint density at radius 3 is 2.08 bits per heavy atom.